The summed E-state index contributed by atoms with van der Waals surface area (Å²) in [5.41, 5.74) is -0.269. The molecule has 1 aromatic rings. The molecular formula is C22H28FNO4. The molecule has 4 saturated carbocycles. The number of carbonyl (C=O) groups is 2. The number of ether oxygens (including phenoxy) is 2. The predicted molar refractivity (Wildman–Crippen MR) is 101 cm³/mol. The lowest BCUT2D eigenvalue weighted by Crippen LogP contribution is -2.55. The molecule has 1 N–H and O–H groups in total. The number of carbonyl (C=O) groups excluding carboxylic acids is 2. The van der Waals surface area contributed by atoms with Gasteiger partial charge in [0, 0.05) is 5.41 Å². The van der Waals surface area contributed by atoms with E-state index in [-0.39, 0.29) is 30.4 Å². The Morgan fingerprint density at radius 2 is 1.64 bits per heavy atom. The van der Waals surface area contributed by atoms with Gasteiger partial charge < -0.3 is 14.8 Å². The van der Waals surface area contributed by atoms with Crippen molar-refractivity contribution >= 4 is 11.9 Å². The Morgan fingerprint density at radius 3 is 2.21 bits per heavy atom. The van der Waals surface area contributed by atoms with Crippen LogP contribution in [0, 0.1) is 29.0 Å². The number of halogens is 1. The zero-order valence-corrected chi connectivity index (χ0v) is 16.3. The van der Waals surface area contributed by atoms with Crippen LogP contribution < -0.4 is 10.1 Å². The van der Waals surface area contributed by atoms with Crippen LogP contribution in [0.2, 0.25) is 0 Å². The highest BCUT2D eigenvalue weighted by molar-refractivity contribution is 5.88. The summed E-state index contributed by atoms with van der Waals surface area (Å²) in [7, 11) is 0. The molecule has 1 atom stereocenters. The van der Waals surface area contributed by atoms with Crippen LogP contribution >= 0.6 is 0 Å². The topological polar surface area (TPSA) is 64.6 Å². The lowest BCUT2D eigenvalue weighted by atomic mass is 9.49. The minimum absolute atomic E-state index is 0.0265. The van der Waals surface area contributed by atoms with Crippen molar-refractivity contribution in [2.45, 2.75) is 51.5 Å². The third kappa shape index (κ3) is 4.01. The van der Waals surface area contributed by atoms with Gasteiger partial charge in [0.15, 0.2) is 0 Å². The van der Waals surface area contributed by atoms with Gasteiger partial charge in [-0.15, -0.1) is 0 Å². The van der Waals surface area contributed by atoms with Crippen LogP contribution in [0.25, 0.3) is 0 Å². The Balaban J connectivity index is 1.22. The second kappa shape index (κ2) is 7.72. The fraction of sp³-hybridized carbons (Fsp3) is 0.636. The van der Waals surface area contributed by atoms with Gasteiger partial charge in [0.1, 0.15) is 30.8 Å². The van der Waals surface area contributed by atoms with Crippen molar-refractivity contribution in [3.63, 3.8) is 0 Å². The monoisotopic (exact) mass is 389 g/mol. The number of amides is 1. The molecule has 4 bridgehead atoms. The second-order valence-corrected chi connectivity index (χ2v) is 8.86. The van der Waals surface area contributed by atoms with E-state index in [1.165, 1.54) is 43.5 Å². The van der Waals surface area contributed by atoms with Gasteiger partial charge in [0.2, 0.25) is 5.91 Å². The molecule has 4 aliphatic rings. The summed E-state index contributed by atoms with van der Waals surface area (Å²) in [6.45, 7) is 1.92. The molecule has 0 heterocycles. The highest BCUT2D eigenvalue weighted by atomic mass is 19.1. The fourth-order valence-corrected chi connectivity index (χ4v) is 5.75. The Kier molecular flexibility index (Phi) is 5.30. The zero-order valence-electron chi connectivity index (χ0n) is 16.3. The third-order valence-corrected chi connectivity index (χ3v) is 6.63. The molecule has 28 heavy (non-hydrogen) atoms. The molecule has 6 heteroatoms. The van der Waals surface area contributed by atoms with E-state index < -0.39 is 12.0 Å². The summed E-state index contributed by atoms with van der Waals surface area (Å²) in [5, 5.41) is 2.91. The number of hydrogen-bond acceptors (Lipinski definition) is 4. The zero-order chi connectivity index (χ0) is 19.7. The van der Waals surface area contributed by atoms with Crippen molar-refractivity contribution in [3.8, 4) is 5.75 Å². The lowest BCUT2D eigenvalue weighted by molar-refractivity contribution is -0.154. The average Bonchev–Trinajstić information content (AvgIpc) is 2.65. The predicted octanol–water partition coefficient (Wildman–Crippen LogP) is 3.47. The molecule has 0 unspecified atom stereocenters. The van der Waals surface area contributed by atoms with E-state index in [0.717, 1.165) is 19.3 Å². The Hall–Kier alpha value is -2.11. The number of benzene rings is 1. The van der Waals surface area contributed by atoms with Crippen LogP contribution in [0.1, 0.15) is 45.4 Å². The molecule has 0 aromatic heterocycles. The molecule has 5 rings (SSSR count). The molecule has 0 radical (unpaired) electrons. The highest BCUT2D eigenvalue weighted by Gasteiger charge is 2.54. The van der Waals surface area contributed by atoms with Gasteiger partial charge in [-0.25, -0.2) is 9.18 Å². The first-order valence-corrected chi connectivity index (χ1v) is 10.3. The average molecular weight is 389 g/mol. The SMILES string of the molecule is C[C@H](NC(=O)C12CC3CC(CC(C3)C1)C2)C(=O)OCCOc1ccc(F)cc1. The van der Waals surface area contributed by atoms with E-state index in [1.807, 2.05) is 0 Å². The van der Waals surface area contributed by atoms with Crippen molar-refractivity contribution in [1.29, 1.82) is 0 Å². The number of hydrogen-bond donors (Lipinski definition) is 1. The number of esters is 1. The molecule has 4 aliphatic carbocycles. The normalized spacial score (nSPS) is 31.3. The highest BCUT2D eigenvalue weighted by Crippen LogP contribution is 2.60. The molecule has 4 fully saturated rings. The van der Waals surface area contributed by atoms with E-state index in [9.17, 15) is 14.0 Å². The molecule has 1 aromatic carbocycles. The van der Waals surface area contributed by atoms with Crippen LogP contribution in [0.3, 0.4) is 0 Å². The first kappa shape index (κ1) is 19.2. The van der Waals surface area contributed by atoms with Crippen LogP contribution in [0.15, 0.2) is 24.3 Å². The molecule has 152 valence electrons. The summed E-state index contributed by atoms with van der Waals surface area (Å²) in [6.07, 6.45) is 6.74. The van der Waals surface area contributed by atoms with Gasteiger partial charge in [0.25, 0.3) is 0 Å². The summed E-state index contributed by atoms with van der Waals surface area (Å²) in [6, 6.07) is 4.98. The van der Waals surface area contributed by atoms with Crippen molar-refractivity contribution in [2.75, 3.05) is 13.2 Å². The van der Waals surface area contributed by atoms with Crippen LogP contribution in [0.5, 0.6) is 5.75 Å². The minimum atomic E-state index is -0.675. The summed E-state index contributed by atoms with van der Waals surface area (Å²) in [4.78, 5) is 25.2. The molecule has 0 aliphatic heterocycles. The number of nitrogens with one attached hydrogen (secondary N) is 1. The molecule has 5 nitrogen and oxygen atoms in total. The first-order valence-electron chi connectivity index (χ1n) is 10.3. The van der Waals surface area contributed by atoms with Crippen LogP contribution in [-0.2, 0) is 14.3 Å². The first-order chi connectivity index (χ1) is 13.4. The summed E-state index contributed by atoms with van der Waals surface area (Å²) < 4.78 is 23.5. The van der Waals surface area contributed by atoms with Crippen LogP contribution in [-0.4, -0.2) is 31.1 Å². The Bertz CT molecular complexity index is 697. The maximum absolute atomic E-state index is 13.0. The lowest BCUT2D eigenvalue weighted by Gasteiger charge is -2.55. The quantitative estimate of drug-likeness (QED) is 0.573. The standard InChI is InChI=1S/C22H28FNO4/c1-14(20(25)28-7-6-27-19-4-2-18(23)3-5-19)24-21(26)22-11-15-8-16(12-22)10-17(9-15)13-22/h2-5,14-17H,6-13H2,1H3,(H,24,26)/t14-,15?,16?,17?,22?/m0/s1. The molecule has 0 saturated heterocycles. The number of rotatable bonds is 7. The van der Waals surface area contributed by atoms with Gasteiger partial charge in [0.05, 0.1) is 0 Å². The van der Waals surface area contributed by atoms with Gasteiger partial charge in [-0.1, -0.05) is 0 Å². The maximum Gasteiger partial charge on any atom is 0.328 e. The molecule has 1 amide bonds. The van der Waals surface area contributed by atoms with Crippen molar-refractivity contribution in [2.24, 2.45) is 23.2 Å². The largest absolute Gasteiger partial charge is 0.490 e. The Labute approximate surface area is 165 Å². The third-order valence-electron chi connectivity index (χ3n) is 6.63. The van der Waals surface area contributed by atoms with Gasteiger partial charge >= 0.3 is 5.97 Å². The minimum Gasteiger partial charge on any atom is -0.490 e. The van der Waals surface area contributed by atoms with Gasteiger partial charge in [-0.3, -0.25) is 4.79 Å². The van der Waals surface area contributed by atoms with E-state index in [2.05, 4.69) is 5.32 Å². The van der Waals surface area contributed by atoms with Gasteiger partial charge in [-0.05, 0) is 87.5 Å². The van der Waals surface area contributed by atoms with E-state index in [1.54, 1.807) is 6.92 Å². The molecule has 0 spiro atoms. The van der Waals surface area contributed by atoms with E-state index in [0.29, 0.717) is 23.5 Å². The Morgan fingerprint density at radius 1 is 1.07 bits per heavy atom. The van der Waals surface area contributed by atoms with Crippen molar-refractivity contribution < 1.29 is 23.5 Å². The molecular weight excluding hydrogens is 361 g/mol. The summed E-state index contributed by atoms with van der Waals surface area (Å²) >= 11 is 0. The van der Waals surface area contributed by atoms with E-state index in [4.69, 9.17) is 9.47 Å². The van der Waals surface area contributed by atoms with Crippen LogP contribution in [0.4, 0.5) is 4.39 Å². The fourth-order valence-electron chi connectivity index (χ4n) is 5.75. The summed E-state index contributed by atoms with van der Waals surface area (Å²) in [5.74, 6) is 1.80. The maximum atomic E-state index is 13.0. The van der Waals surface area contributed by atoms with Gasteiger partial charge in [-0.2, -0.15) is 0 Å². The van der Waals surface area contributed by atoms with E-state index >= 15 is 0 Å². The van der Waals surface area contributed by atoms with Crippen molar-refractivity contribution in [3.05, 3.63) is 30.1 Å². The van der Waals surface area contributed by atoms with Crippen molar-refractivity contribution in [1.82, 2.24) is 5.32 Å². The smallest absolute Gasteiger partial charge is 0.328 e. The second-order valence-electron chi connectivity index (χ2n) is 8.86.